The minimum absolute atomic E-state index is 0.0945. The molecule has 2 aromatic carbocycles. The molecule has 134 valence electrons. The Morgan fingerprint density at radius 3 is 2.88 bits per heavy atom. The van der Waals surface area contributed by atoms with E-state index in [0.29, 0.717) is 38.2 Å². The largest absolute Gasteiger partial charge is 0.376 e. The number of nitrogens with one attached hydrogen (secondary N) is 1. The summed E-state index contributed by atoms with van der Waals surface area (Å²) in [5, 5.41) is 3.02. The van der Waals surface area contributed by atoms with E-state index in [0.717, 1.165) is 34.5 Å². The van der Waals surface area contributed by atoms with Gasteiger partial charge in [-0.2, -0.15) is 0 Å². The Kier molecular flexibility index (Phi) is 4.47. The van der Waals surface area contributed by atoms with Gasteiger partial charge in [-0.25, -0.2) is 0 Å². The van der Waals surface area contributed by atoms with Crippen LogP contribution in [0.1, 0.15) is 40.4 Å². The number of aryl methyl sites for hydroxylation is 1. The lowest BCUT2D eigenvalue weighted by atomic mass is 9.96. The average molecular weight is 350 g/mol. The Labute approximate surface area is 153 Å². The first-order valence-corrected chi connectivity index (χ1v) is 9.10. The van der Waals surface area contributed by atoms with Crippen molar-refractivity contribution in [3.8, 4) is 0 Å². The fourth-order valence-electron chi connectivity index (χ4n) is 3.82. The Balaban J connectivity index is 1.59. The molecule has 2 aliphatic rings. The third-order valence-corrected chi connectivity index (χ3v) is 5.13. The van der Waals surface area contributed by atoms with Gasteiger partial charge in [0.1, 0.15) is 0 Å². The van der Waals surface area contributed by atoms with Crippen LogP contribution in [-0.4, -0.2) is 25.0 Å². The molecule has 0 saturated carbocycles. The van der Waals surface area contributed by atoms with E-state index in [9.17, 15) is 9.59 Å². The molecule has 0 spiro atoms. The molecule has 0 atom stereocenters. The van der Waals surface area contributed by atoms with E-state index in [1.165, 1.54) is 0 Å². The summed E-state index contributed by atoms with van der Waals surface area (Å²) in [6.45, 7) is 3.86. The molecule has 2 heterocycles. The van der Waals surface area contributed by atoms with Crippen LogP contribution >= 0.6 is 0 Å². The topological polar surface area (TPSA) is 58.6 Å². The summed E-state index contributed by atoms with van der Waals surface area (Å²) in [5.74, 6) is 0.0675. The molecule has 0 unspecified atom stereocenters. The van der Waals surface area contributed by atoms with Crippen LogP contribution < -0.4 is 10.2 Å². The molecular formula is C21H22N2O3. The molecule has 0 fully saturated rings. The number of amides is 2. The SMILES string of the molecule is CCN1C(=O)CCc2cc(NC(=O)c3cccc4c3CCOC4)ccc21. The second kappa shape index (κ2) is 6.92. The first-order valence-electron chi connectivity index (χ1n) is 9.10. The van der Waals surface area contributed by atoms with Gasteiger partial charge in [0.2, 0.25) is 5.91 Å². The van der Waals surface area contributed by atoms with E-state index < -0.39 is 0 Å². The molecule has 2 aliphatic heterocycles. The summed E-state index contributed by atoms with van der Waals surface area (Å²) in [6, 6.07) is 11.6. The van der Waals surface area contributed by atoms with Crippen molar-refractivity contribution in [1.82, 2.24) is 0 Å². The maximum Gasteiger partial charge on any atom is 0.255 e. The van der Waals surface area contributed by atoms with Crippen molar-refractivity contribution in [2.24, 2.45) is 0 Å². The highest BCUT2D eigenvalue weighted by atomic mass is 16.5. The number of fused-ring (bicyclic) bond motifs is 2. The van der Waals surface area contributed by atoms with E-state index in [2.05, 4.69) is 5.32 Å². The predicted molar refractivity (Wildman–Crippen MR) is 101 cm³/mol. The predicted octanol–water partition coefficient (Wildman–Crippen LogP) is 3.31. The number of ether oxygens (including phenoxy) is 1. The summed E-state index contributed by atoms with van der Waals surface area (Å²) in [6.07, 6.45) is 1.99. The Hall–Kier alpha value is -2.66. The Bertz CT molecular complexity index is 876. The van der Waals surface area contributed by atoms with Gasteiger partial charge in [0.15, 0.2) is 0 Å². The third-order valence-electron chi connectivity index (χ3n) is 5.13. The standard InChI is InChI=1S/C21H22N2O3/c1-2-23-19-8-7-16(12-14(19)6-9-20(23)24)22-21(25)18-5-3-4-15-13-26-11-10-17(15)18/h3-5,7-8,12H,2,6,9-11,13H2,1H3,(H,22,25). The van der Waals surface area contributed by atoms with Crippen molar-refractivity contribution in [3.05, 3.63) is 58.7 Å². The minimum Gasteiger partial charge on any atom is -0.376 e. The molecule has 4 rings (SSSR count). The van der Waals surface area contributed by atoms with Gasteiger partial charge < -0.3 is 15.0 Å². The molecular weight excluding hydrogens is 328 g/mol. The first-order chi connectivity index (χ1) is 12.7. The van der Waals surface area contributed by atoms with E-state index in [1.54, 1.807) is 4.90 Å². The first kappa shape index (κ1) is 16.8. The maximum atomic E-state index is 12.8. The molecule has 0 aliphatic carbocycles. The fraction of sp³-hybridized carbons (Fsp3) is 0.333. The lowest BCUT2D eigenvalue weighted by Gasteiger charge is -2.28. The number of anilines is 2. The molecule has 5 heteroatoms. The number of nitrogens with zero attached hydrogens (tertiary/aromatic N) is 1. The number of rotatable bonds is 3. The van der Waals surface area contributed by atoms with Crippen molar-refractivity contribution in [2.45, 2.75) is 32.8 Å². The molecule has 0 bridgehead atoms. The summed E-state index contributed by atoms with van der Waals surface area (Å²) >= 11 is 0. The lowest BCUT2D eigenvalue weighted by Crippen LogP contribution is -2.34. The number of benzene rings is 2. The van der Waals surface area contributed by atoms with Crippen LogP contribution in [0.4, 0.5) is 11.4 Å². The Morgan fingerprint density at radius 1 is 1.15 bits per heavy atom. The molecule has 26 heavy (non-hydrogen) atoms. The number of hydrogen-bond acceptors (Lipinski definition) is 3. The summed E-state index contributed by atoms with van der Waals surface area (Å²) in [4.78, 5) is 26.6. The second-order valence-electron chi connectivity index (χ2n) is 6.68. The summed E-state index contributed by atoms with van der Waals surface area (Å²) in [7, 11) is 0. The molecule has 0 radical (unpaired) electrons. The molecule has 2 aromatic rings. The minimum atomic E-state index is -0.0945. The zero-order valence-corrected chi connectivity index (χ0v) is 14.9. The monoisotopic (exact) mass is 350 g/mol. The highest BCUT2D eigenvalue weighted by Crippen LogP contribution is 2.30. The molecule has 2 amide bonds. The van der Waals surface area contributed by atoms with Crippen LogP contribution in [0.3, 0.4) is 0 Å². The zero-order chi connectivity index (χ0) is 18.1. The van der Waals surface area contributed by atoms with Gasteiger partial charge in [0.25, 0.3) is 5.91 Å². The molecule has 5 nitrogen and oxygen atoms in total. The van der Waals surface area contributed by atoms with Crippen LogP contribution in [0.15, 0.2) is 36.4 Å². The zero-order valence-electron chi connectivity index (χ0n) is 14.9. The van der Waals surface area contributed by atoms with E-state index in [-0.39, 0.29) is 11.8 Å². The number of hydrogen-bond donors (Lipinski definition) is 1. The van der Waals surface area contributed by atoms with Crippen molar-refractivity contribution in [3.63, 3.8) is 0 Å². The van der Waals surface area contributed by atoms with Crippen molar-refractivity contribution in [2.75, 3.05) is 23.4 Å². The lowest BCUT2D eigenvalue weighted by molar-refractivity contribution is -0.118. The quantitative estimate of drug-likeness (QED) is 0.924. The third kappa shape index (κ3) is 2.99. The van der Waals surface area contributed by atoms with Gasteiger partial charge in [-0.1, -0.05) is 12.1 Å². The average Bonchev–Trinajstić information content (AvgIpc) is 2.67. The highest BCUT2D eigenvalue weighted by molar-refractivity contribution is 6.06. The van der Waals surface area contributed by atoms with Crippen LogP contribution in [0.5, 0.6) is 0 Å². The fourth-order valence-corrected chi connectivity index (χ4v) is 3.82. The summed E-state index contributed by atoms with van der Waals surface area (Å²) in [5.41, 5.74) is 5.71. The highest BCUT2D eigenvalue weighted by Gasteiger charge is 2.23. The Morgan fingerprint density at radius 2 is 2.04 bits per heavy atom. The van der Waals surface area contributed by atoms with Gasteiger partial charge in [0.05, 0.1) is 13.2 Å². The molecule has 0 saturated heterocycles. The number of carbonyl (C=O) groups excluding carboxylic acids is 2. The molecule has 1 N–H and O–H groups in total. The van der Waals surface area contributed by atoms with Crippen molar-refractivity contribution < 1.29 is 14.3 Å². The second-order valence-corrected chi connectivity index (χ2v) is 6.68. The van der Waals surface area contributed by atoms with Crippen LogP contribution in [0.25, 0.3) is 0 Å². The van der Waals surface area contributed by atoms with Gasteiger partial charge in [-0.15, -0.1) is 0 Å². The maximum absolute atomic E-state index is 12.8. The van der Waals surface area contributed by atoms with Gasteiger partial charge >= 0.3 is 0 Å². The van der Waals surface area contributed by atoms with Gasteiger partial charge in [-0.05, 0) is 60.7 Å². The van der Waals surface area contributed by atoms with Gasteiger partial charge in [-0.3, -0.25) is 9.59 Å². The summed E-state index contributed by atoms with van der Waals surface area (Å²) < 4.78 is 5.48. The smallest absolute Gasteiger partial charge is 0.255 e. The van der Waals surface area contributed by atoms with Crippen molar-refractivity contribution >= 4 is 23.2 Å². The van der Waals surface area contributed by atoms with E-state index >= 15 is 0 Å². The van der Waals surface area contributed by atoms with Gasteiger partial charge in [0, 0.05) is 29.9 Å². The normalized spacial score (nSPS) is 16.0. The van der Waals surface area contributed by atoms with E-state index in [1.807, 2.05) is 43.3 Å². The number of carbonyl (C=O) groups is 2. The van der Waals surface area contributed by atoms with Crippen LogP contribution in [0.2, 0.25) is 0 Å². The van der Waals surface area contributed by atoms with Crippen molar-refractivity contribution in [1.29, 1.82) is 0 Å². The molecule has 0 aromatic heterocycles. The van der Waals surface area contributed by atoms with E-state index in [4.69, 9.17) is 4.74 Å². The van der Waals surface area contributed by atoms with Crippen LogP contribution in [0, 0.1) is 0 Å². The van der Waals surface area contributed by atoms with Crippen LogP contribution in [-0.2, 0) is 29.0 Å².